The fraction of sp³-hybridized carbons (Fsp3) is 0.421. The minimum Gasteiger partial charge on any atom is -0.357 e. The van der Waals surface area contributed by atoms with Gasteiger partial charge in [-0.25, -0.2) is 4.99 Å². The van der Waals surface area contributed by atoms with Crippen LogP contribution < -0.4 is 16.0 Å². The van der Waals surface area contributed by atoms with E-state index < -0.39 is 0 Å². The number of nitrogens with one attached hydrogen (secondary N) is 3. The standard InChI is InChI=1S/C19H29N7O.HI/c1-5-20-19(22-13-17-9-10-23-26(17)4)21-12-15-7-6-8-16(11-15)24-18(27)14-25(2)3;/h6-11H,5,12-14H2,1-4H3,(H,24,27)(H2,20,21,22);1H. The number of anilines is 1. The van der Waals surface area contributed by atoms with Crippen molar-refractivity contribution in [2.24, 2.45) is 12.0 Å². The van der Waals surface area contributed by atoms with Crippen LogP contribution in [0.2, 0.25) is 0 Å². The molecule has 2 aromatic rings. The second-order valence-electron chi connectivity index (χ2n) is 6.48. The van der Waals surface area contributed by atoms with Crippen molar-refractivity contribution in [2.45, 2.75) is 20.0 Å². The Morgan fingerprint density at radius 2 is 2.04 bits per heavy atom. The lowest BCUT2D eigenvalue weighted by atomic mass is 10.2. The number of aryl methyl sites for hydroxylation is 1. The largest absolute Gasteiger partial charge is 0.357 e. The Balaban J connectivity index is 0.00000392. The van der Waals surface area contributed by atoms with Crippen molar-refractivity contribution in [1.29, 1.82) is 0 Å². The van der Waals surface area contributed by atoms with Crippen molar-refractivity contribution in [1.82, 2.24) is 25.3 Å². The van der Waals surface area contributed by atoms with Gasteiger partial charge in [0.15, 0.2) is 5.96 Å². The SMILES string of the molecule is CCNC(=NCc1cccc(NC(=O)CN(C)C)c1)NCc1ccnn1C.I. The zero-order valence-electron chi connectivity index (χ0n) is 16.9. The number of carbonyl (C=O) groups is 1. The molecule has 1 amide bonds. The van der Waals surface area contributed by atoms with E-state index in [1.165, 1.54) is 0 Å². The number of aromatic nitrogens is 2. The number of halogens is 1. The topological polar surface area (TPSA) is 86.6 Å². The third kappa shape index (κ3) is 8.26. The van der Waals surface area contributed by atoms with Crippen molar-refractivity contribution < 1.29 is 4.79 Å². The maximum atomic E-state index is 11.9. The van der Waals surface area contributed by atoms with Gasteiger partial charge in [0.05, 0.1) is 25.3 Å². The van der Waals surface area contributed by atoms with Gasteiger partial charge in [-0.05, 0) is 44.8 Å². The zero-order valence-corrected chi connectivity index (χ0v) is 19.2. The van der Waals surface area contributed by atoms with Crippen LogP contribution in [0.5, 0.6) is 0 Å². The molecule has 2 rings (SSSR count). The van der Waals surface area contributed by atoms with Crippen LogP contribution in [0.4, 0.5) is 5.69 Å². The summed E-state index contributed by atoms with van der Waals surface area (Å²) in [6.07, 6.45) is 1.77. The van der Waals surface area contributed by atoms with E-state index in [4.69, 9.17) is 0 Å². The molecule has 1 aromatic carbocycles. The number of benzene rings is 1. The van der Waals surface area contributed by atoms with E-state index in [9.17, 15) is 4.79 Å². The highest BCUT2D eigenvalue weighted by atomic mass is 127. The molecule has 9 heteroatoms. The maximum absolute atomic E-state index is 11.9. The molecule has 0 saturated carbocycles. The smallest absolute Gasteiger partial charge is 0.238 e. The summed E-state index contributed by atoms with van der Waals surface area (Å²) in [6.45, 7) is 4.31. The number of hydrogen-bond acceptors (Lipinski definition) is 4. The Hall–Kier alpha value is -2.14. The molecule has 0 aliphatic carbocycles. The second kappa shape index (κ2) is 12.3. The van der Waals surface area contributed by atoms with Crippen LogP contribution in [0, 0.1) is 0 Å². The van der Waals surface area contributed by atoms with Crippen molar-refractivity contribution in [3.63, 3.8) is 0 Å². The van der Waals surface area contributed by atoms with Gasteiger partial charge in [-0.3, -0.25) is 9.48 Å². The normalized spacial score (nSPS) is 11.1. The number of nitrogens with zero attached hydrogens (tertiary/aromatic N) is 4. The first kappa shape index (κ1) is 23.9. The molecule has 0 aliphatic heterocycles. The number of hydrogen-bond donors (Lipinski definition) is 3. The van der Waals surface area contributed by atoms with Crippen LogP contribution in [-0.4, -0.2) is 53.7 Å². The summed E-state index contributed by atoms with van der Waals surface area (Å²) in [5, 5.41) is 13.6. The van der Waals surface area contributed by atoms with E-state index in [0.717, 1.165) is 29.4 Å². The molecule has 0 radical (unpaired) electrons. The lowest BCUT2D eigenvalue weighted by Crippen LogP contribution is -2.37. The van der Waals surface area contributed by atoms with Gasteiger partial charge >= 0.3 is 0 Å². The molecule has 3 N–H and O–H groups in total. The number of rotatable bonds is 8. The number of carbonyl (C=O) groups excluding carboxylic acids is 1. The highest BCUT2D eigenvalue weighted by Crippen LogP contribution is 2.11. The van der Waals surface area contributed by atoms with Crippen LogP contribution in [-0.2, 0) is 24.9 Å². The summed E-state index contributed by atoms with van der Waals surface area (Å²) >= 11 is 0. The predicted molar refractivity (Wildman–Crippen MR) is 124 cm³/mol. The number of guanidine groups is 1. The molecule has 0 aliphatic rings. The van der Waals surface area contributed by atoms with Gasteiger partial charge < -0.3 is 20.9 Å². The van der Waals surface area contributed by atoms with E-state index in [1.807, 2.05) is 68.0 Å². The van der Waals surface area contributed by atoms with Crippen molar-refractivity contribution in [3.05, 3.63) is 47.8 Å². The van der Waals surface area contributed by atoms with Gasteiger partial charge in [-0.15, -0.1) is 24.0 Å². The molecule has 154 valence electrons. The van der Waals surface area contributed by atoms with Crippen LogP contribution in [0.3, 0.4) is 0 Å². The quantitative estimate of drug-likeness (QED) is 0.293. The summed E-state index contributed by atoms with van der Waals surface area (Å²) in [6, 6.07) is 9.72. The summed E-state index contributed by atoms with van der Waals surface area (Å²) in [7, 11) is 5.65. The second-order valence-corrected chi connectivity index (χ2v) is 6.48. The Kier molecular flexibility index (Phi) is 10.5. The molecular formula is C19H30IN7O. The molecule has 0 saturated heterocycles. The lowest BCUT2D eigenvalue weighted by Gasteiger charge is -2.12. The van der Waals surface area contributed by atoms with E-state index in [1.54, 1.807) is 6.20 Å². The third-order valence-corrected chi connectivity index (χ3v) is 3.79. The molecule has 8 nitrogen and oxygen atoms in total. The molecule has 1 aromatic heterocycles. The first-order valence-corrected chi connectivity index (χ1v) is 9.00. The average Bonchev–Trinajstić information content (AvgIpc) is 3.02. The summed E-state index contributed by atoms with van der Waals surface area (Å²) in [5.41, 5.74) is 2.88. The minimum atomic E-state index is -0.0353. The van der Waals surface area contributed by atoms with E-state index in [2.05, 4.69) is 26.0 Å². The number of aliphatic imine (C=N–C) groups is 1. The molecule has 0 spiro atoms. The Labute approximate surface area is 183 Å². The molecule has 0 atom stereocenters. The molecule has 0 fully saturated rings. The molecule has 28 heavy (non-hydrogen) atoms. The Bertz CT molecular complexity index is 773. The van der Waals surface area contributed by atoms with E-state index in [-0.39, 0.29) is 29.9 Å². The fourth-order valence-corrected chi connectivity index (χ4v) is 2.50. The maximum Gasteiger partial charge on any atom is 0.238 e. The Morgan fingerprint density at radius 1 is 1.25 bits per heavy atom. The third-order valence-electron chi connectivity index (χ3n) is 3.79. The zero-order chi connectivity index (χ0) is 19.6. The van der Waals surface area contributed by atoms with Gasteiger partial charge in [0.1, 0.15) is 0 Å². The van der Waals surface area contributed by atoms with Crippen molar-refractivity contribution >= 4 is 41.5 Å². The van der Waals surface area contributed by atoms with Gasteiger partial charge in [0, 0.05) is 25.5 Å². The summed E-state index contributed by atoms with van der Waals surface area (Å²) in [4.78, 5) is 18.4. The first-order chi connectivity index (χ1) is 13.0. The molecule has 0 unspecified atom stereocenters. The fourth-order valence-electron chi connectivity index (χ4n) is 2.50. The minimum absolute atomic E-state index is 0. The number of likely N-dealkylation sites (N-methyl/N-ethyl adjacent to an activating group) is 1. The van der Waals surface area contributed by atoms with Crippen molar-refractivity contribution in [3.8, 4) is 0 Å². The van der Waals surface area contributed by atoms with Gasteiger partial charge in [0.25, 0.3) is 0 Å². The van der Waals surface area contributed by atoms with E-state index >= 15 is 0 Å². The van der Waals surface area contributed by atoms with Crippen LogP contribution in [0.25, 0.3) is 0 Å². The molecular weight excluding hydrogens is 469 g/mol. The van der Waals surface area contributed by atoms with Crippen LogP contribution in [0.15, 0.2) is 41.5 Å². The monoisotopic (exact) mass is 499 g/mol. The molecule has 1 heterocycles. The summed E-state index contributed by atoms with van der Waals surface area (Å²) < 4.78 is 1.83. The first-order valence-electron chi connectivity index (χ1n) is 9.00. The van der Waals surface area contributed by atoms with Crippen molar-refractivity contribution in [2.75, 3.05) is 32.5 Å². The van der Waals surface area contributed by atoms with E-state index in [0.29, 0.717) is 19.6 Å². The number of amides is 1. The van der Waals surface area contributed by atoms with Crippen LogP contribution in [0.1, 0.15) is 18.2 Å². The highest BCUT2D eigenvalue weighted by molar-refractivity contribution is 14.0. The Morgan fingerprint density at radius 3 is 2.68 bits per heavy atom. The lowest BCUT2D eigenvalue weighted by molar-refractivity contribution is -0.116. The van der Waals surface area contributed by atoms with Gasteiger partial charge in [-0.2, -0.15) is 5.10 Å². The van der Waals surface area contributed by atoms with Crippen LogP contribution >= 0.6 is 24.0 Å². The average molecular weight is 499 g/mol. The summed E-state index contributed by atoms with van der Waals surface area (Å²) in [5.74, 6) is 0.701. The highest BCUT2D eigenvalue weighted by Gasteiger charge is 2.05. The van der Waals surface area contributed by atoms with Gasteiger partial charge in [-0.1, -0.05) is 12.1 Å². The predicted octanol–water partition coefficient (Wildman–Crippen LogP) is 1.79. The van der Waals surface area contributed by atoms with Gasteiger partial charge in [0.2, 0.25) is 5.91 Å². The molecule has 0 bridgehead atoms.